The molecule has 0 bridgehead atoms. The Labute approximate surface area is 126 Å². The first-order valence-corrected chi connectivity index (χ1v) is 6.37. The summed E-state index contributed by atoms with van der Waals surface area (Å²) in [6.45, 7) is 1.72. The van der Waals surface area contributed by atoms with E-state index in [1.807, 2.05) is 6.07 Å². The highest BCUT2D eigenvalue weighted by atomic mass is 79.9. The van der Waals surface area contributed by atoms with Crippen LogP contribution in [0.3, 0.4) is 0 Å². The maximum atomic E-state index is 10.8. The number of hydrogen-bond acceptors (Lipinski definition) is 7. The predicted octanol–water partition coefficient (Wildman–Crippen LogP) is 2.16. The minimum absolute atomic E-state index is 0.0208. The van der Waals surface area contributed by atoms with Crippen molar-refractivity contribution in [2.24, 2.45) is 0 Å². The number of halogens is 1. The van der Waals surface area contributed by atoms with E-state index in [2.05, 4.69) is 41.9 Å². The number of nitro benzene ring substituents is 1. The summed E-state index contributed by atoms with van der Waals surface area (Å²) in [6, 6.07) is 4.74. The zero-order valence-electron chi connectivity index (χ0n) is 10.7. The second-order valence-electron chi connectivity index (χ2n) is 3.93. The van der Waals surface area contributed by atoms with Gasteiger partial charge in [0, 0.05) is 22.8 Å². The lowest BCUT2D eigenvalue weighted by Crippen LogP contribution is -1.98. The third-order valence-corrected chi connectivity index (χ3v) is 3.18. The lowest BCUT2D eigenvalue weighted by atomic mass is 10.2. The third-order valence-electron chi connectivity index (χ3n) is 2.55. The number of aromatic nitrogens is 4. The number of nitro groups is 1. The number of benzene rings is 1. The van der Waals surface area contributed by atoms with E-state index in [4.69, 9.17) is 5.26 Å². The van der Waals surface area contributed by atoms with E-state index in [9.17, 15) is 10.1 Å². The van der Waals surface area contributed by atoms with Crippen molar-refractivity contribution in [3.05, 3.63) is 44.3 Å². The van der Waals surface area contributed by atoms with Crippen molar-refractivity contribution in [3.63, 3.8) is 0 Å². The third kappa shape index (κ3) is 3.21. The summed E-state index contributed by atoms with van der Waals surface area (Å²) in [4.78, 5) is 10.3. The highest BCUT2D eigenvalue weighted by molar-refractivity contribution is 9.10. The molecule has 0 fully saturated rings. The lowest BCUT2D eigenvalue weighted by Gasteiger charge is -2.08. The van der Waals surface area contributed by atoms with Crippen LogP contribution in [0, 0.1) is 28.4 Å². The molecule has 0 spiro atoms. The van der Waals surface area contributed by atoms with Gasteiger partial charge in [0.2, 0.25) is 5.82 Å². The van der Waals surface area contributed by atoms with Crippen molar-refractivity contribution >= 4 is 32.9 Å². The van der Waals surface area contributed by atoms with Gasteiger partial charge in [0.15, 0.2) is 0 Å². The number of aromatic amines is 1. The Balaban J connectivity index is 2.32. The van der Waals surface area contributed by atoms with Gasteiger partial charge in [0.05, 0.1) is 10.6 Å². The summed E-state index contributed by atoms with van der Waals surface area (Å²) >= 11 is 3.26. The molecule has 0 aliphatic rings. The number of hydrogen-bond donors (Lipinski definition) is 2. The van der Waals surface area contributed by atoms with E-state index >= 15 is 0 Å². The topological polar surface area (TPSA) is 133 Å². The standard InChI is InChI=1S/C11H8BrN7O2/c1-6-2-8(19(20)21)3-9(12)10(6)14-5-7(4-13)11-15-17-18-16-11/h2-3,5,14H,1H3,(H,15,16,17,18). The Morgan fingerprint density at radius 3 is 2.90 bits per heavy atom. The maximum Gasteiger partial charge on any atom is 0.270 e. The maximum absolute atomic E-state index is 10.8. The zero-order valence-corrected chi connectivity index (χ0v) is 12.2. The van der Waals surface area contributed by atoms with Crippen LogP contribution in [-0.2, 0) is 0 Å². The molecular weight excluding hydrogens is 342 g/mol. The first-order valence-electron chi connectivity index (χ1n) is 5.58. The molecule has 9 nitrogen and oxygen atoms in total. The van der Waals surface area contributed by atoms with Crippen molar-refractivity contribution < 1.29 is 4.92 Å². The number of tetrazole rings is 1. The highest BCUT2D eigenvalue weighted by Crippen LogP contribution is 2.31. The van der Waals surface area contributed by atoms with E-state index in [1.165, 1.54) is 18.3 Å². The SMILES string of the molecule is Cc1cc([N+](=O)[O-])cc(Br)c1NC=C(C#N)c1nn[nH]n1. The number of non-ortho nitro benzene ring substituents is 1. The Bertz CT molecular complexity index is 725. The number of nitriles is 1. The largest absolute Gasteiger partial charge is 0.359 e. The lowest BCUT2D eigenvalue weighted by molar-refractivity contribution is -0.385. The highest BCUT2D eigenvalue weighted by Gasteiger charge is 2.13. The molecule has 0 atom stereocenters. The molecule has 2 rings (SSSR count). The molecule has 2 aromatic rings. The van der Waals surface area contributed by atoms with Gasteiger partial charge in [-0.2, -0.15) is 10.5 Å². The van der Waals surface area contributed by atoms with Crippen LogP contribution in [-0.4, -0.2) is 25.5 Å². The van der Waals surface area contributed by atoms with Crippen LogP contribution >= 0.6 is 15.9 Å². The van der Waals surface area contributed by atoms with E-state index in [0.717, 1.165) is 0 Å². The molecule has 0 radical (unpaired) electrons. The van der Waals surface area contributed by atoms with Crippen LogP contribution in [0.2, 0.25) is 0 Å². The Morgan fingerprint density at radius 1 is 1.62 bits per heavy atom. The average Bonchev–Trinajstić information content (AvgIpc) is 2.95. The molecule has 106 valence electrons. The summed E-state index contributed by atoms with van der Waals surface area (Å²) in [5.41, 5.74) is 1.41. The number of aryl methyl sites for hydroxylation is 1. The van der Waals surface area contributed by atoms with Crippen LogP contribution in [0.15, 0.2) is 22.8 Å². The van der Waals surface area contributed by atoms with Crippen LogP contribution in [0.4, 0.5) is 11.4 Å². The molecule has 0 unspecified atom stereocenters. The van der Waals surface area contributed by atoms with Gasteiger partial charge in [0.25, 0.3) is 5.69 Å². The Morgan fingerprint density at radius 2 is 2.38 bits per heavy atom. The smallest absolute Gasteiger partial charge is 0.270 e. The van der Waals surface area contributed by atoms with Crippen LogP contribution in [0.1, 0.15) is 11.4 Å². The van der Waals surface area contributed by atoms with E-state index < -0.39 is 4.92 Å². The molecule has 0 aliphatic heterocycles. The molecule has 1 aromatic carbocycles. The number of nitrogens with one attached hydrogen (secondary N) is 2. The first kappa shape index (κ1) is 14.6. The van der Waals surface area contributed by atoms with Gasteiger partial charge in [-0.1, -0.05) is 0 Å². The van der Waals surface area contributed by atoms with Gasteiger partial charge >= 0.3 is 0 Å². The quantitative estimate of drug-likeness (QED) is 0.490. The van der Waals surface area contributed by atoms with Gasteiger partial charge in [0.1, 0.15) is 11.6 Å². The molecular formula is C11H8BrN7O2. The van der Waals surface area contributed by atoms with Crippen molar-refractivity contribution in [3.8, 4) is 6.07 Å². The summed E-state index contributed by atoms with van der Waals surface area (Å²) in [7, 11) is 0. The number of anilines is 1. The minimum atomic E-state index is -0.475. The molecule has 2 N–H and O–H groups in total. The van der Waals surface area contributed by atoms with Gasteiger partial charge < -0.3 is 5.32 Å². The number of allylic oxidation sites excluding steroid dienone is 1. The summed E-state index contributed by atoms with van der Waals surface area (Å²) < 4.78 is 0.510. The number of nitrogens with zero attached hydrogens (tertiary/aromatic N) is 5. The normalized spacial score (nSPS) is 11.0. The van der Waals surface area contributed by atoms with Crippen LogP contribution in [0.5, 0.6) is 0 Å². The molecule has 1 heterocycles. The van der Waals surface area contributed by atoms with Crippen molar-refractivity contribution in [2.75, 3.05) is 5.32 Å². The fourth-order valence-corrected chi connectivity index (χ4v) is 2.24. The fraction of sp³-hybridized carbons (Fsp3) is 0.0909. The molecule has 0 amide bonds. The van der Waals surface area contributed by atoms with E-state index in [0.29, 0.717) is 15.7 Å². The Kier molecular flexibility index (Phi) is 4.24. The van der Waals surface area contributed by atoms with E-state index in [-0.39, 0.29) is 17.1 Å². The molecule has 0 aliphatic carbocycles. The monoisotopic (exact) mass is 349 g/mol. The van der Waals surface area contributed by atoms with Gasteiger partial charge in [-0.3, -0.25) is 10.1 Å². The predicted molar refractivity (Wildman–Crippen MR) is 76.9 cm³/mol. The number of rotatable bonds is 4. The Hall–Kier alpha value is -2.80. The summed E-state index contributed by atoms with van der Waals surface area (Å²) in [6.07, 6.45) is 1.41. The van der Waals surface area contributed by atoms with Crippen LogP contribution in [0.25, 0.3) is 5.57 Å². The van der Waals surface area contributed by atoms with Crippen molar-refractivity contribution in [1.29, 1.82) is 5.26 Å². The minimum Gasteiger partial charge on any atom is -0.359 e. The van der Waals surface area contributed by atoms with Crippen LogP contribution < -0.4 is 5.32 Å². The number of H-pyrrole nitrogens is 1. The van der Waals surface area contributed by atoms with E-state index in [1.54, 1.807) is 6.92 Å². The van der Waals surface area contributed by atoms with Crippen molar-refractivity contribution in [2.45, 2.75) is 6.92 Å². The molecule has 1 aromatic heterocycles. The second kappa shape index (κ2) is 6.10. The summed E-state index contributed by atoms with van der Waals surface area (Å²) in [5.74, 6) is 0.153. The van der Waals surface area contributed by atoms with Crippen molar-refractivity contribution in [1.82, 2.24) is 20.6 Å². The molecule has 10 heteroatoms. The van der Waals surface area contributed by atoms with Gasteiger partial charge in [-0.05, 0) is 33.6 Å². The first-order chi connectivity index (χ1) is 10.0. The fourth-order valence-electron chi connectivity index (χ4n) is 1.58. The van der Waals surface area contributed by atoms with Gasteiger partial charge in [-0.15, -0.1) is 10.2 Å². The second-order valence-corrected chi connectivity index (χ2v) is 4.78. The molecule has 0 saturated carbocycles. The summed E-state index contributed by atoms with van der Waals surface area (Å²) in [5, 5.41) is 35.8. The molecule has 21 heavy (non-hydrogen) atoms. The zero-order chi connectivity index (χ0) is 15.4. The average molecular weight is 350 g/mol. The van der Waals surface area contributed by atoms with Gasteiger partial charge in [-0.25, -0.2) is 0 Å². The molecule has 0 saturated heterocycles.